The largest absolute Gasteiger partial charge is 0.327 e. The summed E-state index contributed by atoms with van der Waals surface area (Å²) in [5, 5.41) is 0. The van der Waals surface area contributed by atoms with E-state index in [-0.39, 0.29) is 23.9 Å². The lowest BCUT2D eigenvalue weighted by atomic mass is 9.79. The van der Waals surface area contributed by atoms with Gasteiger partial charge >= 0.3 is 0 Å². The Bertz CT molecular complexity index is 242. The zero-order chi connectivity index (χ0) is 9.19. The average Bonchev–Trinajstić information content (AvgIpc) is 2.06. The van der Waals surface area contributed by atoms with Gasteiger partial charge in [0.15, 0.2) is 0 Å². The van der Waals surface area contributed by atoms with Crippen LogP contribution in [0.15, 0.2) is 30.3 Å². The van der Waals surface area contributed by atoms with Crippen LogP contribution < -0.4 is 5.73 Å². The minimum Gasteiger partial charge on any atom is -0.327 e. The van der Waals surface area contributed by atoms with E-state index in [0.717, 1.165) is 0 Å². The molecule has 1 aromatic carbocycles. The Morgan fingerprint density at radius 3 is 2.00 bits per heavy atom. The molecule has 2 N–H and O–H groups in total. The molecule has 0 saturated carbocycles. The molecular formula is C11H18ClN. The molecule has 0 heterocycles. The first-order valence-corrected chi connectivity index (χ1v) is 4.36. The molecule has 0 spiro atoms. The fraction of sp³-hybridized carbons (Fsp3) is 0.455. The Morgan fingerprint density at radius 1 is 1.15 bits per heavy atom. The predicted molar refractivity (Wildman–Crippen MR) is 60.4 cm³/mol. The Balaban J connectivity index is 0.00000144. The van der Waals surface area contributed by atoms with Crippen molar-refractivity contribution < 1.29 is 0 Å². The van der Waals surface area contributed by atoms with Crippen LogP contribution in [-0.2, 0) is 5.41 Å². The van der Waals surface area contributed by atoms with Crippen LogP contribution in [-0.4, -0.2) is 6.04 Å². The highest BCUT2D eigenvalue weighted by Crippen LogP contribution is 2.25. The molecule has 0 radical (unpaired) electrons. The first-order valence-electron chi connectivity index (χ1n) is 4.36. The lowest BCUT2D eigenvalue weighted by molar-refractivity contribution is 0.434. The van der Waals surface area contributed by atoms with Crippen molar-refractivity contribution in [2.45, 2.75) is 32.2 Å². The van der Waals surface area contributed by atoms with Crippen LogP contribution in [0.4, 0.5) is 0 Å². The first kappa shape index (κ1) is 12.5. The van der Waals surface area contributed by atoms with E-state index in [1.165, 1.54) is 5.56 Å². The van der Waals surface area contributed by atoms with Crippen LogP contribution in [0.3, 0.4) is 0 Å². The number of halogens is 1. The smallest absolute Gasteiger partial charge is 0.0102 e. The summed E-state index contributed by atoms with van der Waals surface area (Å²) < 4.78 is 0. The number of nitrogens with two attached hydrogens (primary N) is 1. The maximum atomic E-state index is 5.90. The lowest BCUT2D eigenvalue weighted by Crippen LogP contribution is -2.38. The van der Waals surface area contributed by atoms with E-state index in [9.17, 15) is 0 Å². The number of hydrogen-bond acceptors (Lipinski definition) is 1. The van der Waals surface area contributed by atoms with Gasteiger partial charge in [-0.1, -0.05) is 44.2 Å². The zero-order valence-electron chi connectivity index (χ0n) is 8.45. The summed E-state index contributed by atoms with van der Waals surface area (Å²) in [7, 11) is 0. The van der Waals surface area contributed by atoms with Crippen LogP contribution >= 0.6 is 12.4 Å². The summed E-state index contributed by atoms with van der Waals surface area (Å²) in [6.45, 7) is 6.40. The van der Waals surface area contributed by atoms with Gasteiger partial charge < -0.3 is 5.73 Å². The topological polar surface area (TPSA) is 26.0 Å². The standard InChI is InChI=1S/C11H17N.ClH/c1-9(12)11(2,3)10-7-5-4-6-8-10;/h4-9H,12H2,1-3H3;1H. The van der Waals surface area contributed by atoms with Crippen molar-refractivity contribution in [3.63, 3.8) is 0 Å². The lowest BCUT2D eigenvalue weighted by Gasteiger charge is -2.29. The van der Waals surface area contributed by atoms with Gasteiger partial charge in [0.2, 0.25) is 0 Å². The van der Waals surface area contributed by atoms with Crippen molar-refractivity contribution in [1.82, 2.24) is 0 Å². The van der Waals surface area contributed by atoms with Crippen molar-refractivity contribution in [2.24, 2.45) is 5.73 Å². The molecule has 0 aliphatic carbocycles. The fourth-order valence-electron chi connectivity index (χ4n) is 1.13. The van der Waals surface area contributed by atoms with E-state index >= 15 is 0 Å². The van der Waals surface area contributed by atoms with Gasteiger partial charge in [0.05, 0.1) is 0 Å². The van der Waals surface area contributed by atoms with Gasteiger partial charge in [-0.25, -0.2) is 0 Å². The van der Waals surface area contributed by atoms with E-state index in [2.05, 4.69) is 38.1 Å². The second-order valence-corrected chi connectivity index (χ2v) is 3.88. The summed E-state index contributed by atoms with van der Waals surface area (Å²) in [6.07, 6.45) is 0. The molecule has 0 aromatic heterocycles. The summed E-state index contributed by atoms with van der Waals surface area (Å²) in [6, 6.07) is 10.6. The molecule has 0 amide bonds. The third-order valence-corrected chi connectivity index (χ3v) is 2.66. The highest BCUT2D eigenvalue weighted by atomic mass is 35.5. The fourth-order valence-corrected chi connectivity index (χ4v) is 1.13. The molecule has 1 unspecified atom stereocenters. The Morgan fingerprint density at radius 2 is 1.62 bits per heavy atom. The molecule has 2 heteroatoms. The van der Waals surface area contributed by atoms with Crippen LogP contribution in [0.1, 0.15) is 26.3 Å². The second-order valence-electron chi connectivity index (χ2n) is 3.88. The van der Waals surface area contributed by atoms with Crippen LogP contribution in [0.5, 0.6) is 0 Å². The van der Waals surface area contributed by atoms with Crippen molar-refractivity contribution in [2.75, 3.05) is 0 Å². The molecule has 1 rings (SSSR count). The van der Waals surface area contributed by atoms with E-state index in [1.54, 1.807) is 0 Å². The number of benzene rings is 1. The summed E-state index contributed by atoms with van der Waals surface area (Å²) in [5.74, 6) is 0. The molecule has 1 aromatic rings. The molecular weight excluding hydrogens is 182 g/mol. The number of rotatable bonds is 2. The summed E-state index contributed by atoms with van der Waals surface area (Å²) in [5.41, 5.74) is 7.28. The van der Waals surface area contributed by atoms with Crippen molar-refractivity contribution >= 4 is 12.4 Å². The van der Waals surface area contributed by atoms with Crippen molar-refractivity contribution in [3.8, 4) is 0 Å². The highest BCUT2D eigenvalue weighted by Gasteiger charge is 2.24. The van der Waals surface area contributed by atoms with Crippen molar-refractivity contribution in [3.05, 3.63) is 35.9 Å². The molecule has 0 saturated heterocycles. The molecule has 0 fully saturated rings. The van der Waals surface area contributed by atoms with Gasteiger partial charge in [-0.2, -0.15) is 0 Å². The minimum absolute atomic E-state index is 0. The van der Waals surface area contributed by atoms with Crippen LogP contribution in [0.25, 0.3) is 0 Å². The quantitative estimate of drug-likeness (QED) is 0.779. The van der Waals surface area contributed by atoms with Crippen molar-refractivity contribution in [1.29, 1.82) is 0 Å². The molecule has 1 nitrogen and oxygen atoms in total. The molecule has 1 atom stereocenters. The SMILES string of the molecule is CC(N)C(C)(C)c1ccccc1.Cl. The first-order chi connectivity index (χ1) is 5.55. The third kappa shape index (κ3) is 2.71. The Kier molecular flexibility index (Phi) is 4.45. The number of hydrogen-bond donors (Lipinski definition) is 1. The summed E-state index contributed by atoms with van der Waals surface area (Å²) >= 11 is 0. The Hall–Kier alpha value is -0.530. The molecule has 0 bridgehead atoms. The summed E-state index contributed by atoms with van der Waals surface area (Å²) in [4.78, 5) is 0. The Labute approximate surface area is 86.7 Å². The second kappa shape index (κ2) is 4.64. The van der Waals surface area contributed by atoms with E-state index in [0.29, 0.717) is 0 Å². The van der Waals surface area contributed by atoms with Gasteiger partial charge in [-0.05, 0) is 12.5 Å². The minimum atomic E-state index is 0. The predicted octanol–water partition coefficient (Wildman–Crippen LogP) is 2.73. The van der Waals surface area contributed by atoms with Gasteiger partial charge in [-0.15, -0.1) is 12.4 Å². The van der Waals surface area contributed by atoms with Gasteiger partial charge in [0.1, 0.15) is 0 Å². The van der Waals surface area contributed by atoms with E-state index in [4.69, 9.17) is 5.73 Å². The normalized spacial score (nSPS) is 13.2. The van der Waals surface area contributed by atoms with Gasteiger partial charge in [0, 0.05) is 11.5 Å². The average molecular weight is 200 g/mol. The highest BCUT2D eigenvalue weighted by molar-refractivity contribution is 5.85. The molecule has 13 heavy (non-hydrogen) atoms. The molecule has 0 aliphatic rings. The third-order valence-electron chi connectivity index (χ3n) is 2.66. The molecule has 74 valence electrons. The monoisotopic (exact) mass is 199 g/mol. The van der Waals surface area contributed by atoms with Gasteiger partial charge in [0.25, 0.3) is 0 Å². The van der Waals surface area contributed by atoms with Crippen LogP contribution in [0.2, 0.25) is 0 Å². The maximum Gasteiger partial charge on any atom is 0.0102 e. The van der Waals surface area contributed by atoms with E-state index in [1.807, 2.05) is 13.0 Å². The zero-order valence-corrected chi connectivity index (χ0v) is 9.27. The maximum absolute atomic E-state index is 5.90. The van der Waals surface area contributed by atoms with Crippen LogP contribution in [0, 0.1) is 0 Å². The molecule has 0 aliphatic heterocycles. The van der Waals surface area contributed by atoms with E-state index < -0.39 is 0 Å². The van der Waals surface area contributed by atoms with Gasteiger partial charge in [-0.3, -0.25) is 0 Å².